The van der Waals surface area contributed by atoms with Crippen molar-refractivity contribution in [3.8, 4) is 12.3 Å². The molecule has 3 heteroatoms. The van der Waals surface area contributed by atoms with Crippen LogP contribution in [0.3, 0.4) is 0 Å². The van der Waals surface area contributed by atoms with Crippen LogP contribution in [-0.4, -0.2) is 18.1 Å². The van der Waals surface area contributed by atoms with E-state index in [1.807, 2.05) is 6.07 Å². The van der Waals surface area contributed by atoms with Crippen molar-refractivity contribution in [3.05, 3.63) is 23.4 Å². The molecule has 0 radical (unpaired) electrons. The predicted octanol–water partition coefficient (Wildman–Crippen LogP) is 2.51. The summed E-state index contributed by atoms with van der Waals surface area (Å²) >= 11 is 0. The van der Waals surface area contributed by atoms with Crippen LogP contribution in [0.25, 0.3) is 0 Å². The monoisotopic (exact) mass is 245 g/mol. The molecule has 3 nitrogen and oxygen atoms in total. The van der Waals surface area contributed by atoms with Gasteiger partial charge in [0.25, 0.3) is 0 Å². The number of hydrogen-bond donors (Lipinski definition) is 1. The minimum absolute atomic E-state index is 0.393. The summed E-state index contributed by atoms with van der Waals surface area (Å²) in [5.41, 5.74) is 7.94. The van der Waals surface area contributed by atoms with Crippen molar-refractivity contribution >= 4 is 5.82 Å². The first-order chi connectivity index (χ1) is 8.62. The van der Waals surface area contributed by atoms with E-state index < -0.39 is 0 Å². The largest absolute Gasteiger partial charge is 0.345 e. The van der Waals surface area contributed by atoms with E-state index in [1.165, 1.54) is 0 Å². The van der Waals surface area contributed by atoms with Crippen molar-refractivity contribution in [1.29, 1.82) is 0 Å². The van der Waals surface area contributed by atoms with Gasteiger partial charge in [-0.15, -0.1) is 6.42 Å². The molecule has 0 saturated carbocycles. The number of anilines is 1. The van der Waals surface area contributed by atoms with E-state index in [0.717, 1.165) is 30.0 Å². The zero-order valence-corrected chi connectivity index (χ0v) is 11.6. The number of nitrogens with two attached hydrogens (primary N) is 1. The van der Waals surface area contributed by atoms with Crippen molar-refractivity contribution < 1.29 is 0 Å². The van der Waals surface area contributed by atoms with Gasteiger partial charge in [-0.25, -0.2) is 4.98 Å². The molecular weight excluding hydrogens is 222 g/mol. The van der Waals surface area contributed by atoms with Crippen molar-refractivity contribution in [2.75, 3.05) is 18.0 Å². The summed E-state index contributed by atoms with van der Waals surface area (Å²) in [4.78, 5) is 6.82. The second-order valence-corrected chi connectivity index (χ2v) is 4.74. The summed E-state index contributed by atoms with van der Waals surface area (Å²) in [6.07, 6.45) is 6.47. The molecule has 0 aliphatic rings. The zero-order chi connectivity index (χ0) is 13.5. The van der Waals surface area contributed by atoms with Gasteiger partial charge in [-0.3, -0.25) is 0 Å². The molecule has 0 aromatic carbocycles. The molecule has 0 unspecified atom stereocenters. The van der Waals surface area contributed by atoms with Gasteiger partial charge in [-0.1, -0.05) is 26.7 Å². The van der Waals surface area contributed by atoms with Gasteiger partial charge in [-0.2, -0.15) is 0 Å². The third kappa shape index (κ3) is 3.75. The minimum Gasteiger partial charge on any atom is -0.345 e. The van der Waals surface area contributed by atoms with E-state index in [-0.39, 0.29) is 0 Å². The van der Waals surface area contributed by atoms with Crippen LogP contribution in [0.2, 0.25) is 0 Å². The zero-order valence-electron chi connectivity index (χ0n) is 11.6. The van der Waals surface area contributed by atoms with Crippen LogP contribution in [0.5, 0.6) is 0 Å². The van der Waals surface area contributed by atoms with E-state index in [2.05, 4.69) is 37.7 Å². The summed E-state index contributed by atoms with van der Waals surface area (Å²) in [5, 5.41) is 0. The predicted molar refractivity (Wildman–Crippen MR) is 77.6 cm³/mol. The van der Waals surface area contributed by atoms with Crippen molar-refractivity contribution in [2.45, 2.75) is 39.7 Å². The topological polar surface area (TPSA) is 42.1 Å². The lowest BCUT2D eigenvalue weighted by molar-refractivity contribution is 0.775. The molecule has 0 aliphatic heterocycles. The highest BCUT2D eigenvalue weighted by Gasteiger charge is 2.10. The molecule has 0 saturated heterocycles. The molecular formula is C15H23N3. The molecule has 1 aromatic rings. The number of rotatable bonds is 6. The van der Waals surface area contributed by atoms with Gasteiger partial charge in [0.15, 0.2) is 0 Å². The molecule has 1 heterocycles. The van der Waals surface area contributed by atoms with Gasteiger partial charge in [0.2, 0.25) is 0 Å². The highest BCUT2D eigenvalue weighted by atomic mass is 15.2. The van der Waals surface area contributed by atoms with Gasteiger partial charge in [-0.05, 0) is 30.0 Å². The Morgan fingerprint density at radius 2 is 2.17 bits per heavy atom. The minimum atomic E-state index is 0.393. The third-order valence-corrected chi connectivity index (χ3v) is 2.82. The van der Waals surface area contributed by atoms with Crippen LogP contribution in [0.4, 0.5) is 5.82 Å². The van der Waals surface area contributed by atoms with E-state index in [0.29, 0.717) is 19.0 Å². The summed E-state index contributed by atoms with van der Waals surface area (Å²) in [6, 6.07) is 4.12. The van der Waals surface area contributed by atoms with Gasteiger partial charge < -0.3 is 10.6 Å². The van der Waals surface area contributed by atoms with Crippen LogP contribution >= 0.6 is 0 Å². The lowest BCUT2D eigenvalue weighted by Crippen LogP contribution is -2.26. The number of hydrogen-bond acceptors (Lipinski definition) is 3. The Bertz CT molecular complexity index is 418. The normalized spacial score (nSPS) is 10.4. The molecule has 0 aliphatic carbocycles. The fourth-order valence-corrected chi connectivity index (χ4v) is 1.82. The summed E-state index contributed by atoms with van der Waals surface area (Å²) in [7, 11) is 0. The number of nitrogens with zero attached hydrogens (tertiary/aromatic N) is 2. The maximum atomic E-state index is 5.75. The van der Waals surface area contributed by atoms with E-state index in [4.69, 9.17) is 17.1 Å². The Morgan fingerprint density at radius 3 is 2.67 bits per heavy atom. The SMILES string of the molecule is C#CCN(CCC)c1cc(CN)cc(C(C)C)n1. The van der Waals surface area contributed by atoms with Gasteiger partial charge in [0.1, 0.15) is 5.82 Å². The average Bonchev–Trinajstić information content (AvgIpc) is 2.37. The smallest absolute Gasteiger partial charge is 0.129 e. The molecule has 18 heavy (non-hydrogen) atoms. The Kier molecular flexibility index (Phi) is 5.67. The van der Waals surface area contributed by atoms with E-state index in [1.54, 1.807) is 0 Å². The Labute approximate surface area is 110 Å². The van der Waals surface area contributed by atoms with Crippen molar-refractivity contribution in [1.82, 2.24) is 4.98 Å². The highest BCUT2D eigenvalue weighted by Crippen LogP contribution is 2.20. The van der Waals surface area contributed by atoms with E-state index in [9.17, 15) is 0 Å². The van der Waals surface area contributed by atoms with Gasteiger partial charge in [0, 0.05) is 18.8 Å². The summed E-state index contributed by atoms with van der Waals surface area (Å²) < 4.78 is 0. The second kappa shape index (κ2) is 7.03. The lowest BCUT2D eigenvalue weighted by Gasteiger charge is -2.22. The number of terminal acetylenes is 1. The molecule has 1 rings (SSSR count). The fourth-order valence-electron chi connectivity index (χ4n) is 1.82. The molecule has 1 aromatic heterocycles. The molecule has 0 amide bonds. The maximum absolute atomic E-state index is 5.75. The molecule has 98 valence electrons. The Morgan fingerprint density at radius 1 is 1.44 bits per heavy atom. The van der Waals surface area contributed by atoms with Gasteiger partial charge >= 0.3 is 0 Å². The highest BCUT2D eigenvalue weighted by molar-refractivity contribution is 5.44. The fraction of sp³-hybridized carbons (Fsp3) is 0.533. The summed E-state index contributed by atoms with van der Waals surface area (Å²) in [6.45, 7) is 8.45. The van der Waals surface area contributed by atoms with E-state index >= 15 is 0 Å². The second-order valence-electron chi connectivity index (χ2n) is 4.74. The van der Waals surface area contributed by atoms with Crippen LogP contribution in [0.15, 0.2) is 12.1 Å². The first kappa shape index (κ1) is 14.5. The molecule has 0 fully saturated rings. The first-order valence-electron chi connectivity index (χ1n) is 6.51. The van der Waals surface area contributed by atoms with Crippen molar-refractivity contribution in [2.24, 2.45) is 5.73 Å². The Balaban J connectivity index is 3.12. The molecule has 0 atom stereocenters. The number of aromatic nitrogens is 1. The molecule has 0 spiro atoms. The first-order valence-corrected chi connectivity index (χ1v) is 6.51. The van der Waals surface area contributed by atoms with Crippen LogP contribution in [0, 0.1) is 12.3 Å². The maximum Gasteiger partial charge on any atom is 0.129 e. The quantitative estimate of drug-likeness (QED) is 0.783. The lowest BCUT2D eigenvalue weighted by atomic mass is 10.1. The standard InChI is InChI=1S/C15H23N3/c1-5-7-18(8-6-2)15-10-13(11-16)9-14(17-15)12(3)4/h1,9-10,12H,6-8,11,16H2,2-4H3. The third-order valence-electron chi connectivity index (χ3n) is 2.82. The summed E-state index contributed by atoms with van der Waals surface area (Å²) in [5.74, 6) is 4.03. The number of pyridine rings is 1. The van der Waals surface area contributed by atoms with Crippen molar-refractivity contribution in [3.63, 3.8) is 0 Å². The molecule has 0 bridgehead atoms. The van der Waals surface area contributed by atoms with Crippen LogP contribution in [0.1, 0.15) is 44.4 Å². The average molecular weight is 245 g/mol. The molecule has 2 N–H and O–H groups in total. The van der Waals surface area contributed by atoms with Crippen LogP contribution < -0.4 is 10.6 Å². The van der Waals surface area contributed by atoms with Crippen LogP contribution in [-0.2, 0) is 6.54 Å². The Hall–Kier alpha value is -1.53. The van der Waals surface area contributed by atoms with Gasteiger partial charge in [0.05, 0.1) is 6.54 Å².